The zero-order chi connectivity index (χ0) is 13.8. The molecule has 0 saturated carbocycles. The Hall–Kier alpha value is -2.30. The number of carbonyl (C=O) groups is 2. The number of Topliss-reactive ketones (excluding diaryl/α,β-unsaturated/α-hetero) is 1. The van der Waals surface area contributed by atoms with Gasteiger partial charge in [0.15, 0.2) is 0 Å². The van der Waals surface area contributed by atoms with Crippen LogP contribution in [0, 0.1) is 0 Å². The lowest BCUT2D eigenvalue weighted by Crippen LogP contribution is -2.17. The lowest BCUT2D eigenvalue weighted by molar-refractivity contribution is -0.138. The van der Waals surface area contributed by atoms with Gasteiger partial charge in [-0.2, -0.15) is 0 Å². The van der Waals surface area contributed by atoms with E-state index in [9.17, 15) is 9.59 Å². The normalized spacial score (nSPS) is 10.4. The molecule has 0 aliphatic rings. The Morgan fingerprint density at radius 3 is 2.79 bits per heavy atom. The fourth-order valence-electron chi connectivity index (χ4n) is 1.78. The first-order valence-electron chi connectivity index (χ1n) is 6.04. The first-order chi connectivity index (χ1) is 9.17. The molecule has 1 aromatic heterocycles. The second-order valence-corrected chi connectivity index (χ2v) is 4.08. The number of esters is 1. The van der Waals surface area contributed by atoms with Crippen molar-refractivity contribution in [3.63, 3.8) is 0 Å². The van der Waals surface area contributed by atoms with Crippen molar-refractivity contribution in [1.82, 2.24) is 4.98 Å². The van der Waals surface area contributed by atoms with Crippen molar-refractivity contribution < 1.29 is 19.1 Å². The summed E-state index contributed by atoms with van der Waals surface area (Å²) in [6.45, 7) is 2.12. The minimum atomic E-state index is -0.828. The van der Waals surface area contributed by atoms with Crippen LogP contribution >= 0.6 is 0 Å². The molecule has 0 radical (unpaired) electrons. The van der Waals surface area contributed by atoms with E-state index in [0.29, 0.717) is 23.1 Å². The zero-order valence-electron chi connectivity index (χ0n) is 10.9. The number of benzene rings is 1. The molecular weight excluding hydrogens is 246 g/mol. The first kappa shape index (κ1) is 13.1. The van der Waals surface area contributed by atoms with Gasteiger partial charge in [0.1, 0.15) is 5.75 Å². The highest BCUT2D eigenvalue weighted by Crippen LogP contribution is 2.24. The number of carbonyl (C=O) groups excluding carboxylic acids is 2. The van der Waals surface area contributed by atoms with Gasteiger partial charge in [-0.1, -0.05) is 6.92 Å². The number of aromatic nitrogens is 1. The summed E-state index contributed by atoms with van der Waals surface area (Å²) in [5.74, 6) is -0.846. The van der Waals surface area contributed by atoms with Crippen LogP contribution in [0.5, 0.6) is 5.75 Å². The number of rotatable bonds is 5. The van der Waals surface area contributed by atoms with E-state index in [0.717, 1.165) is 5.52 Å². The first-order valence-corrected chi connectivity index (χ1v) is 6.04. The van der Waals surface area contributed by atoms with Gasteiger partial charge in [0.25, 0.3) is 5.78 Å². The Morgan fingerprint density at radius 1 is 1.32 bits per heavy atom. The fourth-order valence-corrected chi connectivity index (χ4v) is 1.78. The summed E-state index contributed by atoms with van der Waals surface area (Å²) in [7, 11) is 1.55. The molecule has 0 amide bonds. The van der Waals surface area contributed by atoms with Crippen molar-refractivity contribution in [2.75, 3.05) is 13.7 Å². The summed E-state index contributed by atoms with van der Waals surface area (Å²) < 4.78 is 9.96. The fraction of sp³-hybridized carbons (Fsp3) is 0.286. The Morgan fingerprint density at radius 2 is 2.11 bits per heavy atom. The van der Waals surface area contributed by atoms with Crippen molar-refractivity contribution >= 4 is 22.7 Å². The van der Waals surface area contributed by atoms with Crippen molar-refractivity contribution in [1.29, 1.82) is 0 Å². The minimum absolute atomic E-state index is 0.246. The number of H-pyrrole nitrogens is 1. The van der Waals surface area contributed by atoms with E-state index in [2.05, 4.69) is 4.98 Å². The van der Waals surface area contributed by atoms with E-state index in [1.807, 2.05) is 6.92 Å². The molecule has 5 nitrogen and oxygen atoms in total. The van der Waals surface area contributed by atoms with Gasteiger partial charge in [0.2, 0.25) is 0 Å². The van der Waals surface area contributed by atoms with E-state index in [1.165, 1.54) is 6.20 Å². The topological polar surface area (TPSA) is 68.4 Å². The van der Waals surface area contributed by atoms with Gasteiger partial charge in [0, 0.05) is 17.1 Å². The van der Waals surface area contributed by atoms with Crippen molar-refractivity contribution in [2.45, 2.75) is 13.3 Å². The summed E-state index contributed by atoms with van der Waals surface area (Å²) >= 11 is 0. The van der Waals surface area contributed by atoms with Crippen LogP contribution in [0.2, 0.25) is 0 Å². The van der Waals surface area contributed by atoms with Crippen molar-refractivity contribution in [3.05, 3.63) is 30.0 Å². The second-order valence-electron chi connectivity index (χ2n) is 4.08. The third kappa shape index (κ3) is 2.59. The van der Waals surface area contributed by atoms with Crippen LogP contribution < -0.4 is 4.74 Å². The number of ketones is 1. The largest absolute Gasteiger partial charge is 0.497 e. The van der Waals surface area contributed by atoms with Gasteiger partial charge in [-0.15, -0.1) is 0 Å². The molecule has 2 rings (SSSR count). The van der Waals surface area contributed by atoms with Gasteiger partial charge >= 0.3 is 5.97 Å². The van der Waals surface area contributed by atoms with Crippen LogP contribution in [0.4, 0.5) is 0 Å². The standard InChI is InChI=1S/C14H15NO4/c1-3-6-19-14(17)13(16)11-8-15-12-5-4-9(18-2)7-10(11)12/h4-5,7-8,15H,3,6H2,1-2H3. The Kier molecular flexibility index (Phi) is 3.85. The molecule has 0 bridgehead atoms. The van der Waals surface area contributed by atoms with Crippen LogP contribution in [-0.4, -0.2) is 30.5 Å². The van der Waals surface area contributed by atoms with Crippen LogP contribution in [0.3, 0.4) is 0 Å². The van der Waals surface area contributed by atoms with E-state index >= 15 is 0 Å². The van der Waals surface area contributed by atoms with Gasteiger partial charge in [0.05, 0.1) is 19.3 Å². The molecule has 0 aliphatic heterocycles. The maximum Gasteiger partial charge on any atom is 0.379 e. The second kappa shape index (κ2) is 5.56. The average Bonchev–Trinajstić information content (AvgIpc) is 2.86. The van der Waals surface area contributed by atoms with Crippen LogP contribution in [0.1, 0.15) is 23.7 Å². The third-order valence-corrected chi connectivity index (χ3v) is 2.76. The van der Waals surface area contributed by atoms with Crippen molar-refractivity contribution in [2.24, 2.45) is 0 Å². The van der Waals surface area contributed by atoms with E-state index in [4.69, 9.17) is 9.47 Å². The molecule has 0 fully saturated rings. The monoisotopic (exact) mass is 261 g/mol. The molecule has 1 N–H and O–H groups in total. The highest BCUT2D eigenvalue weighted by molar-refractivity contribution is 6.43. The number of hydrogen-bond acceptors (Lipinski definition) is 4. The Balaban J connectivity index is 2.34. The average molecular weight is 261 g/mol. The Labute approximate surface area is 110 Å². The number of fused-ring (bicyclic) bond motifs is 1. The quantitative estimate of drug-likeness (QED) is 0.509. The highest BCUT2D eigenvalue weighted by atomic mass is 16.5. The van der Waals surface area contributed by atoms with Crippen LogP contribution in [0.25, 0.3) is 10.9 Å². The number of methoxy groups -OCH3 is 1. The zero-order valence-corrected chi connectivity index (χ0v) is 10.9. The molecule has 0 aliphatic carbocycles. The molecule has 1 heterocycles. The molecule has 0 atom stereocenters. The van der Waals surface area contributed by atoms with E-state index in [-0.39, 0.29) is 6.61 Å². The molecule has 0 unspecified atom stereocenters. The lowest BCUT2D eigenvalue weighted by atomic mass is 10.1. The van der Waals surface area contributed by atoms with Gasteiger partial charge < -0.3 is 14.5 Å². The molecule has 100 valence electrons. The molecule has 1 aromatic carbocycles. The molecule has 5 heteroatoms. The van der Waals surface area contributed by atoms with Crippen LogP contribution in [0.15, 0.2) is 24.4 Å². The third-order valence-electron chi connectivity index (χ3n) is 2.76. The molecule has 0 saturated heterocycles. The molecule has 2 aromatic rings. The van der Waals surface area contributed by atoms with Gasteiger partial charge in [-0.05, 0) is 24.6 Å². The summed E-state index contributed by atoms with van der Waals surface area (Å²) in [5.41, 5.74) is 1.07. The predicted molar refractivity (Wildman–Crippen MR) is 70.4 cm³/mol. The number of nitrogens with one attached hydrogen (secondary N) is 1. The number of aromatic amines is 1. The molecular formula is C14H15NO4. The van der Waals surface area contributed by atoms with Gasteiger partial charge in [-0.3, -0.25) is 4.79 Å². The van der Waals surface area contributed by atoms with Gasteiger partial charge in [-0.25, -0.2) is 4.79 Å². The number of hydrogen-bond donors (Lipinski definition) is 1. The minimum Gasteiger partial charge on any atom is -0.497 e. The summed E-state index contributed by atoms with van der Waals surface area (Å²) in [5, 5.41) is 0.651. The maximum absolute atomic E-state index is 12.0. The SMILES string of the molecule is CCCOC(=O)C(=O)c1c[nH]c2ccc(OC)cc12. The predicted octanol–water partition coefficient (Wildman–Crippen LogP) is 2.31. The smallest absolute Gasteiger partial charge is 0.379 e. The van der Waals surface area contributed by atoms with Crippen molar-refractivity contribution in [3.8, 4) is 5.75 Å². The summed E-state index contributed by atoms with van der Waals surface area (Å²) in [6, 6.07) is 5.29. The lowest BCUT2D eigenvalue weighted by Gasteiger charge is -2.02. The molecule has 0 spiro atoms. The van der Waals surface area contributed by atoms with E-state index < -0.39 is 11.8 Å². The summed E-state index contributed by atoms with van der Waals surface area (Å²) in [6.07, 6.45) is 2.19. The Bertz CT molecular complexity index is 615. The number of ether oxygens (including phenoxy) is 2. The highest BCUT2D eigenvalue weighted by Gasteiger charge is 2.21. The molecule has 19 heavy (non-hydrogen) atoms. The van der Waals surface area contributed by atoms with Crippen LogP contribution in [-0.2, 0) is 9.53 Å². The van der Waals surface area contributed by atoms with E-state index in [1.54, 1.807) is 25.3 Å². The maximum atomic E-state index is 12.0. The summed E-state index contributed by atoms with van der Waals surface area (Å²) in [4.78, 5) is 26.5.